The van der Waals surface area contributed by atoms with E-state index in [2.05, 4.69) is 0 Å². The number of hydrogen-bond acceptors (Lipinski definition) is 5. The second-order valence-corrected chi connectivity index (χ2v) is 11.3. The lowest BCUT2D eigenvalue weighted by Gasteiger charge is -2.42. The van der Waals surface area contributed by atoms with Crippen molar-refractivity contribution in [1.29, 1.82) is 0 Å². The molecule has 0 aromatic heterocycles. The predicted molar refractivity (Wildman–Crippen MR) is 155 cm³/mol. The molecule has 1 aliphatic heterocycles. The Morgan fingerprint density at radius 1 is 1.23 bits per heavy atom. The van der Waals surface area contributed by atoms with Crippen LogP contribution in [0.2, 0.25) is 5.02 Å². The summed E-state index contributed by atoms with van der Waals surface area (Å²) in [5, 5.41) is 0.0132. The molecule has 0 unspecified atom stereocenters. The van der Waals surface area contributed by atoms with Crippen molar-refractivity contribution in [3.05, 3.63) is 69.1 Å². The van der Waals surface area contributed by atoms with Crippen LogP contribution in [0.5, 0.6) is 11.5 Å². The first-order valence-electron chi connectivity index (χ1n) is 13.3. The highest BCUT2D eigenvalue weighted by atomic mass is 35.5. The topological polar surface area (TPSA) is 60.4 Å². The average molecular weight is 559 g/mol. The fraction of sp³-hybridized carbons (Fsp3) is 0.484. The van der Waals surface area contributed by atoms with Gasteiger partial charge >= 0.3 is 0 Å². The van der Waals surface area contributed by atoms with Crippen molar-refractivity contribution in [2.75, 3.05) is 26.9 Å². The van der Waals surface area contributed by atoms with Gasteiger partial charge in [-0.05, 0) is 96.2 Å². The summed E-state index contributed by atoms with van der Waals surface area (Å²) >= 11 is 6.02. The van der Waals surface area contributed by atoms with E-state index < -0.39 is 11.4 Å². The smallest absolute Gasteiger partial charge is 0.273 e. The van der Waals surface area contributed by atoms with E-state index in [0.717, 1.165) is 16.7 Å². The van der Waals surface area contributed by atoms with Crippen molar-refractivity contribution >= 4 is 23.2 Å². The molecule has 6 nitrogen and oxygen atoms in total. The molecule has 1 heterocycles. The van der Waals surface area contributed by atoms with Gasteiger partial charge in [0.15, 0.2) is 17.3 Å². The van der Waals surface area contributed by atoms with Gasteiger partial charge in [-0.3, -0.25) is 4.79 Å². The summed E-state index contributed by atoms with van der Waals surface area (Å²) in [6, 6.07) is 8.76. The number of allylic oxidation sites excluding steroid dienone is 1. The fourth-order valence-corrected chi connectivity index (χ4v) is 4.79. The fourth-order valence-electron chi connectivity index (χ4n) is 4.62. The Kier molecular flexibility index (Phi) is 10.2. The molecule has 0 spiro atoms. The summed E-state index contributed by atoms with van der Waals surface area (Å²) in [4.78, 5) is 20.5. The Hall–Kier alpha value is -2.90. The Balaban J connectivity index is 2.01. The number of aliphatic imine (C=N–C) groups is 1. The Morgan fingerprint density at radius 2 is 1.95 bits per heavy atom. The van der Waals surface area contributed by atoms with E-state index in [1.54, 1.807) is 31.1 Å². The number of amides is 1. The van der Waals surface area contributed by atoms with Crippen molar-refractivity contribution in [3.8, 4) is 11.5 Å². The van der Waals surface area contributed by atoms with Crippen molar-refractivity contribution in [2.45, 2.75) is 73.0 Å². The van der Waals surface area contributed by atoms with E-state index in [1.807, 2.05) is 53.7 Å². The standard InChI is InChI=1S/C31H40ClFN2O4/c1-19(2)39-27-16-21(4)23(17-26(27)37-8)13-12-20(3)29(30(36)35-14-15-38-18-31(35,6)7)34-22(5)24-10-9-11-25(32)28(24)33/h9-11,16-17,19H,12-15,18H2,1-8H3/b29-20+,34-22+. The zero-order valence-corrected chi connectivity index (χ0v) is 25.0. The molecule has 1 fully saturated rings. The average Bonchev–Trinajstić information content (AvgIpc) is 2.87. The summed E-state index contributed by atoms with van der Waals surface area (Å²) in [6.45, 7) is 14.9. The van der Waals surface area contributed by atoms with Crippen molar-refractivity contribution in [1.82, 2.24) is 4.90 Å². The van der Waals surface area contributed by atoms with E-state index in [4.69, 9.17) is 30.8 Å². The molecule has 0 N–H and O–H groups in total. The highest BCUT2D eigenvalue weighted by Crippen LogP contribution is 2.33. The van der Waals surface area contributed by atoms with Crippen LogP contribution in [-0.2, 0) is 16.0 Å². The first kappa shape index (κ1) is 30.6. The largest absolute Gasteiger partial charge is 0.493 e. The quantitative estimate of drug-likeness (QED) is 0.247. The normalized spacial score (nSPS) is 16.3. The Bertz CT molecular complexity index is 1270. The van der Waals surface area contributed by atoms with Crippen molar-refractivity contribution in [2.24, 2.45) is 4.99 Å². The number of halogens is 2. The number of hydrogen-bond donors (Lipinski definition) is 0. The number of methoxy groups -OCH3 is 1. The van der Waals surface area contributed by atoms with Gasteiger partial charge in [0.1, 0.15) is 5.70 Å². The van der Waals surface area contributed by atoms with Crippen LogP contribution in [0, 0.1) is 12.7 Å². The Morgan fingerprint density at radius 3 is 2.59 bits per heavy atom. The number of rotatable bonds is 9. The maximum atomic E-state index is 14.8. The van der Waals surface area contributed by atoms with Gasteiger partial charge in [-0.25, -0.2) is 9.38 Å². The number of nitrogens with zero attached hydrogens (tertiary/aromatic N) is 2. The first-order valence-corrected chi connectivity index (χ1v) is 13.7. The number of morpholine rings is 1. The van der Waals surface area contributed by atoms with Crippen molar-refractivity contribution < 1.29 is 23.4 Å². The van der Waals surface area contributed by atoms with Gasteiger partial charge in [-0.1, -0.05) is 23.7 Å². The molecule has 2 aromatic carbocycles. The third-order valence-corrected chi connectivity index (χ3v) is 7.16. The SMILES string of the molecule is COc1cc(CC/C(C)=C(/N=C(\C)c2cccc(Cl)c2F)C(=O)N2CCOCC2(C)C)c(C)cc1OC(C)C. The molecule has 39 heavy (non-hydrogen) atoms. The number of ether oxygens (including phenoxy) is 3. The summed E-state index contributed by atoms with van der Waals surface area (Å²) in [7, 11) is 1.63. The minimum absolute atomic E-state index is 0.0132. The zero-order valence-electron chi connectivity index (χ0n) is 24.3. The van der Waals surface area contributed by atoms with Gasteiger partial charge in [0.2, 0.25) is 0 Å². The lowest BCUT2D eigenvalue weighted by atomic mass is 9.97. The number of carbonyl (C=O) groups is 1. The van der Waals surface area contributed by atoms with Crippen molar-refractivity contribution in [3.63, 3.8) is 0 Å². The monoisotopic (exact) mass is 558 g/mol. The molecular formula is C31H40ClFN2O4. The minimum atomic E-state index is -0.553. The van der Waals surface area contributed by atoms with Crippen LogP contribution in [-0.4, -0.2) is 55.0 Å². The third kappa shape index (κ3) is 7.40. The van der Waals surface area contributed by atoms with Crippen LogP contribution in [0.4, 0.5) is 4.39 Å². The lowest BCUT2D eigenvalue weighted by Crippen LogP contribution is -2.55. The molecule has 8 heteroatoms. The van der Waals surface area contributed by atoms with Gasteiger partial charge < -0.3 is 19.1 Å². The molecule has 2 aromatic rings. The van der Waals surface area contributed by atoms with Gasteiger partial charge in [0.25, 0.3) is 5.91 Å². The highest BCUT2D eigenvalue weighted by Gasteiger charge is 2.36. The van der Waals surface area contributed by atoms with Gasteiger partial charge in [0.05, 0.1) is 37.0 Å². The number of aryl methyl sites for hydroxylation is 2. The summed E-state index contributed by atoms with van der Waals surface area (Å²) in [6.07, 6.45) is 1.27. The number of benzene rings is 2. The third-order valence-electron chi connectivity index (χ3n) is 6.87. The van der Waals surface area contributed by atoms with Crippen LogP contribution in [0.15, 0.2) is 46.6 Å². The van der Waals surface area contributed by atoms with E-state index in [0.29, 0.717) is 55.5 Å². The highest BCUT2D eigenvalue weighted by molar-refractivity contribution is 6.31. The number of carbonyl (C=O) groups excluding carboxylic acids is 1. The maximum Gasteiger partial charge on any atom is 0.273 e. The van der Waals surface area contributed by atoms with Gasteiger partial charge in [-0.15, -0.1) is 0 Å². The van der Waals surface area contributed by atoms with Crippen LogP contribution >= 0.6 is 11.6 Å². The summed E-state index contributed by atoms with van der Waals surface area (Å²) in [5.74, 6) is 0.623. The van der Waals surface area contributed by atoms with Gasteiger partial charge in [-0.2, -0.15) is 0 Å². The second-order valence-electron chi connectivity index (χ2n) is 10.8. The molecule has 1 aliphatic rings. The molecule has 0 aliphatic carbocycles. The van der Waals surface area contributed by atoms with E-state index in [1.165, 1.54) is 6.07 Å². The van der Waals surface area contributed by atoms with E-state index in [9.17, 15) is 9.18 Å². The van der Waals surface area contributed by atoms with Crippen LogP contribution in [0.1, 0.15) is 64.7 Å². The Labute approximate surface area is 236 Å². The molecule has 0 saturated carbocycles. The summed E-state index contributed by atoms with van der Waals surface area (Å²) < 4.78 is 31.9. The molecule has 1 amide bonds. The molecule has 3 rings (SSSR count). The predicted octanol–water partition coefficient (Wildman–Crippen LogP) is 6.94. The van der Waals surface area contributed by atoms with Crippen LogP contribution in [0.3, 0.4) is 0 Å². The molecule has 0 radical (unpaired) electrons. The van der Waals surface area contributed by atoms with Crippen LogP contribution < -0.4 is 9.47 Å². The minimum Gasteiger partial charge on any atom is -0.493 e. The zero-order chi connectivity index (χ0) is 28.9. The van der Waals surface area contributed by atoms with E-state index >= 15 is 0 Å². The summed E-state index contributed by atoms with van der Waals surface area (Å²) in [5.41, 5.74) is 3.43. The maximum absolute atomic E-state index is 14.8. The molecule has 1 saturated heterocycles. The molecule has 0 bridgehead atoms. The first-order chi connectivity index (χ1) is 18.4. The van der Waals surface area contributed by atoms with E-state index in [-0.39, 0.29) is 22.6 Å². The molecular weight excluding hydrogens is 519 g/mol. The molecule has 0 atom stereocenters. The van der Waals surface area contributed by atoms with Crippen LogP contribution in [0.25, 0.3) is 0 Å². The lowest BCUT2D eigenvalue weighted by molar-refractivity contribution is -0.142. The second kappa shape index (κ2) is 13.0. The van der Waals surface area contributed by atoms with Gasteiger partial charge in [0, 0.05) is 17.8 Å². The molecule has 212 valence electrons.